The number of hydrogen-bond acceptors (Lipinski definition) is 7. The number of rotatable bonds is 9. The van der Waals surface area contributed by atoms with Crippen molar-refractivity contribution in [2.75, 3.05) is 27.9 Å². The second kappa shape index (κ2) is 11.4. The van der Waals surface area contributed by atoms with Crippen molar-refractivity contribution >= 4 is 41.2 Å². The molecular weight excluding hydrogens is 485 g/mol. The van der Waals surface area contributed by atoms with Gasteiger partial charge < -0.3 is 23.9 Å². The van der Waals surface area contributed by atoms with E-state index >= 15 is 0 Å². The lowest BCUT2D eigenvalue weighted by Crippen LogP contribution is -2.34. The molecule has 3 aromatic rings. The van der Waals surface area contributed by atoms with E-state index in [0.717, 1.165) is 5.56 Å². The largest absolute Gasteiger partial charge is 0.493 e. The maximum absolute atomic E-state index is 12.4. The Labute approximate surface area is 205 Å². The molecule has 0 aliphatic carbocycles. The number of halogens is 2. The van der Waals surface area contributed by atoms with Gasteiger partial charge in [0.1, 0.15) is 11.5 Å². The highest BCUT2D eigenvalue weighted by molar-refractivity contribution is 6.42. The van der Waals surface area contributed by atoms with Gasteiger partial charge in [-0.15, -0.1) is 0 Å². The van der Waals surface area contributed by atoms with Crippen LogP contribution >= 0.6 is 23.2 Å². The predicted octanol–water partition coefficient (Wildman–Crippen LogP) is 4.16. The average Bonchev–Trinajstić information content (AvgIpc) is 3.32. The Balaban J connectivity index is 1.55. The summed E-state index contributed by atoms with van der Waals surface area (Å²) in [5.41, 5.74) is 3.29. The molecule has 0 saturated heterocycles. The number of furan rings is 1. The minimum Gasteiger partial charge on any atom is -0.493 e. The molecule has 0 fully saturated rings. The van der Waals surface area contributed by atoms with Crippen molar-refractivity contribution in [3.63, 3.8) is 0 Å². The zero-order valence-corrected chi connectivity index (χ0v) is 20.0. The summed E-state index contributed by atoms with van der Waals surface area (Å²) in [6.45, 7) is -0.306. The van der Waals surface area contributed by atoms with E-state index in [4.69, 9.17) is 41.8 Å². The van der Waals surface area contributed by atoms with Crippen LogP contribution in [0.15, 0.2) is 52.0 Å². The van der Waals surface area contributed by atoms with Crippen LogP contribution in [0.3, 0.4) is 0 Å². The molecule has 9 nitrogen and oxygen atoms in total. The Morgan fingerprint density at radius 2 is 1.68 bits per heavy atom. The number of carbonyl (C=O) groups is 2. The molecule has 178 valence electrons. The van der Waals surface area contributed by atoms with Crippen LogP contribution < -0.4 is 25.0 Å². The lowest BCUT2D eigenvalue weighted by atomic mass is 10.1. The molecule has 3 rings (SSSR count). The van der Waals surface area contributed by atoms with E-state index in [1.165, 1.54) is 39.7 Å². The first-order chi connectivity index (χ1) is 16.4. The van der Waals surface area contributed by atoms with Gasteiger partial charge in [-0.3, -0.25) is 9.59 Å². The van der Waals surface area contributed by atoms with Gasteiger partial charge in [-0.25, -0.2) is 5.43 Å². The molecule has 2 N–H and O–H groups in total. The van der Waals surface area contributed by atoms with Crippen molar-refractivity contribution in [3.8, 4) is 28.6 Å². The molecule has 0 unspecified atom stereocenters. The molecule has 34 heavy (non-hydrogen) atoms. The summed E-state index contributed by atoms with van der Waals surface area (Å²) in [5.74, 6) is 0.920. The number of methoxy groups -OCH3 is 3. The van der Waals surface area contributed by atoms with E-state index in [1.807, 2.05) is 0 Å². The normalized spacial score (nSPS) is 10.7. The van der Waals surface area contributed by atoms with Crippen LogP contribution in [0.1, 0.15) is 16.1 Å². The van der Waals surface area contributed by atoms with Gasteiger partial charge in [0.2, 0.25) is 5.75 Å². The van der Waals surface area contributed by atoms with Crippen LogP contribution in [0.25, 0.3) is 11.3 Å². The molecular formula is C23H21Cl2N3O6. The molecule has 11 heteroatoms. The van der Waals surface area contributed by atoms with E-state index < -0.39 is 11.8 Å². The third-order valence-electron chi connectivity index (χ3n) is 4.55. The monoisotopic (exact) mass is 505 g/mol. The molecule has 0 bridgehead atoms. The van der Waals surface area contributed by atoms with Gasteiger partial charge in [-0.1, -0.05) is 23.2 Å². The van der Waals surface area contributed by atoms with E-state index in [9.17, 15) is 9.59 Å². The summed E-state index contributed by atoms with van der Waals surface area (Å²) in [6.07, 6.45) is 1.33. The second-order valence-corrected chi connectivity index (χ2v) is 7.54. The molecule has 1 heterocycles. The van der Waals surface area contributed by atoms with Crippen LogP contribution in [0.4, 0.5) is 0 Å². The van der Waals surface area contributed by atoms with Gasteiger partial charge in [0.15, 0.2) is 11.5 Å². The molecule has 0 spiro atoms. The van der Waals surface area contributed by atoms with Gasteiger partial charge in [0.25, 0.3) is 11.8 Å². The Morgan fingerprint density at radius 3 is 2.29 bits per heavy atom. The van der Waals surface area contributed by atoms with Gasteiger partial charge in [-0.05, 0) is 42.5 Å². The maximum Gasteiger partial charge on any atom is 0.259 e. The Bertz CT molecular complexity index is 1200. The first kappa shape index (κ1) is 24.9. The fourth-order valence-electron chi connectivity index (χ4n) is 2.91. The maximum atomic E-state index is 12.4. The number of amides is 2. The second-order valence-electron chi connectivity index (χ2n) is 6.72. The highest BCUT2D eigenvalue weighted by atomic mass is 35.5. The third kappa shape index (κ3) is 6.00. The van der Waals surface area contributed by atoms with Gasteiger partial charge in [-0.2, -0.15) is 5.10 Å². The Hall–Kier alpha value is -3.69. The standard InChI is InChI=1S/C23H21Cl2N3O6/c1-31-19-9-14(10-20(32-2)22(19)33-3)23(30)26-12-21(29)28-27-11-15-5-7-18(34-15)13-4-6-16(24)17(25)8-13/h4-11H,12H2,1-3H3,(H,26,30)(H,28,29)/b27-11+. The topological polar surface area (TPSA) is 111 Å². The summed E-state index contributed by atoms with van der Waals surface area (Å²) < 4.78 is 21.3. The molecule has 0 atom stereocenters. The van der Waals surface area contributed by atoms with Crippen molar-refractivity contribution in [3.05, 3.63) is 63.8 Å². The van der Waals surface area contributed by atoms with Crippen molar-refractivity contribution in [2.24, 2.45) is 5.10 Å². The highest BCUT2D eigenvalue weighted by Gasteiger charge is 2.17. The third-order valence-corrected chi connectivity index (χ3v) is 5.29. The van der Waals surface area contributed by atoms with Crippen LogP contribution in [-0.4, -0.2) is 45.9 Å². The number of ether oxygens (including phenoxy) is 3. The first-order valence-electron chi connectivity index (χ1n) is 9.81. The summed E-state index contributed by atoms with van der Waals surface area (Å²) in [4.78, 5) is 24.5. The Kier molecular flexibility index (Phi) is 8.39. The fraction of sp³-hybridized carbons (Fsp3) is 0.174. The first-order valence-corrected chi connectivity index (χ1v) is 10.6. The quantitative estimate of drug-likeness (QED) is 0.333. The molecule has 2 aromatic carbocycles. The average molecular weight is 506 g/mol. The van der Waals surface area contributed by atoms with E-state index in [0.29, 0.717) is 38.8 Å². The highest BCUT2D eigenvalue weighted by Crippen LogP contribution is 2.38. The molecule has 0 aliphatic rings. The van der Waals surface area contributed by atoms with Crippen molar-refractivity contribution < 1.29 is 28.2 Å². The van der Waals surface area contributed by atoms with Gasteiger partial charge in [0.05, 0.1) is 44.1 Å². The van der Waals surface area contributed by atoms with Crippen molar-refractivity contribution in [1.82, 2.24) is 10.7 Å². The lowest BCUT2D eigenvalue weighted by molar-refractivity contribution is -0.120. The van der Waals surface area contributed by atoms with Gasteiger partial charge >= 0.3 is 0 Å². The van der Waals surface area contributed by atoms with Crippen molar-refractivity contribution in [1.29, 1.82) is 0 Å². The van der Waals surface area contributed by atoms with Crippen LogP contribution in [-0.2, 0) is 4.79 Å². The summed E-state index contributed by atoms with van der Waals surface area (Å²) >= 11 is 12.0. The molecule has 0 saturated carbocycles. The molecule has 0 aliphatic heterocycles. The Morgan fingerprint density at radius 1 is 0.971 bits per heavy atom. The van der Waals surface area contributed by atoms with E-state index in [1.54, 1.807) is 30.3 Å². The number of hydrazone groups is 1. The SMILES string of the molecule is COc1cc(C(=O)NCC(=O)N/N=C/c2ccc(-c3ccc(Cl)c(Cl)c3)o2)cc(OC)c1OC. The summed E-state index contributed by atoms with van der Waals surface area (Å²) in [5, 5.41) is 7.19. The van der Waals surface area contributed by atoms with E-state index in [2.05, 4.69) is 15.8 Å². The van der Waals surface area contributed by atoms with Crippen LogP contribution in [0.5, 0.6) is 17.2 Å². The number of nitrogens with zero attached hydrogens (tertiary/aromatic N) is 1. The number of benzene rings is 2. The smallest absolute Gasteiger partial charge is 0.259 e. The minimum atomic E-state index is -0.534. The lowest BCUT2D eigenvalue weighted by Gasteiger charge is -2.14. The zero-order chi connectivity index (χ0) is 24.7. The van der Waals surface area contributed by atoms with Gasteiger partial charge in [0, 0.05) is 11.1 Å². The molecule has 1 aromatic heterocycles. The summed E-state index contributed by atoms with van der Waals surface area (Å²) in [6, 6.07) is 11.5. The summed E-state index contributed by atoms with van der Waals surface area (Å²) in [7, 11) is 4.34. The minimum absolute atomic E-state index is 0.233. The van der Waals surface area contributed by atoms with E-state index in [-0.39, 0.29) is 12.1 Å². The predicted molar refractivity (Wildman–Crippen MR) is 128 cm³/mol. The van der Waals surface area contributed by atoms with Crippen LogP contribution in [0.2, 0.25) is 10.0 Å². The van der Waals surface area contributed by atoms with Crippen LogP contribution in [0, 0.1) is 0 Å². The zero-order valence-electron chi connectivity index (χ0n) is 18.5. The fourth-order valence-corrected chi connectivity index (χ4v) is 3.21. The molecule has 0 radical (unpaired) electrons. The number of carbonyl (C=O) groups excluding carboxylic acids is 2. The number of nitrogens with one attached hydrogen (secondary N) is 2. The van der Waals surface area contributed by atoms with Crippen molar-refractivity contribution in [2.45, 2.75) is 0 Å². The molecule has 2 amide bonds. The number of hydrogen-bond donors (Lipinski definition) is 2.